The predicted octanol–water partition coefficient (Wildman–Crippen LogP) is 5.31. The molecule has 182 valence electrons. The Bertz CT molecular complexity index is 1440. The normalized spacial score (nSPS) is 16.8. The summed E-state index contributed by atoms with van der Waals surface area (Å²) in [5.41, 5.74) is 5.60. The number of H-pyrrole nitrogens is 1. The van der Waals surface area contributed by atoms with Gasteiger partial charge in [0.05, 0.1) is 22.9 Å². The number of nitrogens with zero attached hydrogens (tertiary/aromatic N) is 3. The SMILES string of the molecule is CN1CCC(=O)c2cc(-c3n[nH]c4ccc(C(=O)N[C@H](c5ccccn5)C5CCCC5)cc34)ccc21. The first-order chi connectivity index (χ1) is 17.6. The zero-order valence-corrected chi connectivity index (χ0v) is 20.3. The molecule has 2 aliphatic rings. The molecule has 0 radical (unpaired) electrons. The second-order valence-electron chi connectivity index (χ2n) is 9.91. The third-order valence-corrected chi connectivity index (χ3v) is 7.65. The molecule has 0 saturated heterocycles. The lowest BCUT2D eigenvalue weighted by Crippen LogP contribution is -2.33. The van der Waals surface area contributed by atoms with E-state index in [0.29, 0.717) is 17.9 Å². The average Bonchev–Trinajstić information content (AvgIpc) is 3.60. The number of Topliss-reactive ketones (excluding diaryl/α,β-unsaturated/α-hetero) is 1. The Morgan fingerprint density at radius 2 is 1.97 bits per heavy atom. The molecule has 1 atom stereocenters. The zero-order chi connectivity index (χ0) is 24.6. The fraction of sp³-hybridized carbons (Fsp3) is 0.310. The number of benzene rings is 2. The van der Waals surface area contributed by atoms with Crippen molar-refractivity contribution in [3.8, 4) is 11.3 Å². The van der Waals surface area contributed by atoms with Crippen LogP contribution >= 0.6 is 0 Å². The Kier molecular flexibility index (Phi) is 5.76. The number of ketones is 1. The number of hydrogen-bond donors (Lipinski definition) is 2. The molecule has 0 bridgehead atoms. The highest BCUT2D eigenvalue weighted by atomic mass is 16.1. The number of anilines is 1. The maximum atomic E-state index is 13.4. The Labute approximate surface area is 209 Å². The quantitative estimate of drug-likeness (QED) is 0.405. The number of rotatable bonds is 5. The van der Waals surface area contributed by atoms with Crippen LogP contribution in [0.15, 0.2) is 60.8 Å². The molecule has 2 N–H and O–H groups in total. The molecule has 4 aromatic rings. The van der Waals surface area contributed by atoms with Gasteiger partial charge in [0, 0.05) is 54.0 Å². The number of carbonyl (C=O) groups excluding carboxylic acids is 2. The smallest absolute Gasteiger partial charge is 0.251 e. The van der Waals surface area contributed by atoms with Gasteiger partial charge in [-0.3, -0.25) is 19.7 Å². The molecule has 3 heterocycles. The number of aromatic nitrogens is 3. The number of fused-ring (bicyclic) bond motifs is 2. The van der Waals surface area contributed by atoms with Gasteiger partial charge < -0.3 is 10.2 Å². The summed E-state index contributed by atoms with van der Waals surface area (Å²) in [6, 6.07) is 17.3. The molecule has 2 aromatic carbocycles. The molecule has 7 heteroatoms. The van der Waals surface area contributed by atoms with E-state index in [1.54, 1.807) is 6.20 Å². The van der Waals surface area contributed by atoms with E-state index in [1.165, 1.54) is 12.8 Å². The van der Waals surface area contributed by atoms with Gasteiger partial charge in [-0.05, 0) is 61.2 Å². The summed E-state index contributed by atoms with van der Waals surface area (Å²) in [5, 5.41) is 11.7. The highest BCUT2D eigenvalue weighted by Crippen LogP contribution is 2.36. The van der Waals surface area contributed by atoms with Crippen molar-refractivity contribution >= 4 is 28.3 Å². The minimum atomic E-state index is -0.117. The Balaban J connectivity index is 1.33. The highest BCUT2D eigenvalue weighted by Gasteiger charge is 2.29. The Morgan fingerprint density at radius 1 is 1.11 bits per heavy atom. The van der Waals surface area contributed by atoms with E-state index in [4.69, 9.17) is 0 Å². The van der Waals surface area contributed by atoms with Crippen molar-refractivity contribution < 1.29 is 9.59 Å². The van der Waals surface area contributed by atoms with Crippen LogP contribution in [0.3, 0.4) is 0 Å². The fourth-order valence-corrected chi connectivity index (χ4v) is 5.65. The number of aromatic amines is 1. The second-order valence-corrected chi connectivity index (χ2v) is 9.91. The van der Waals surface area contributed by atoms with Crippen molar-refractivity contribution in [3.05, 3.63) is 77.6 Å². The fourth-order valence-electron chi connectivity index (χ4n) is 5.65. The van der Waals surface area contributed by atoms with Crippen molar-refractivity contribution in [1.82, 2.24) is 20.5 Å². The van der Waals surface area contributed by atoms with Gasteiger partial charge in [0.1, 0.15) is 0 Å². The van der Waals surface area contributed by atoms with Gasteiger partial charge in [-0.1, -0.05) is 25.0 Å². The third kappa shape index (κ3) is 4.04. The largest absolute Gasteiger partial charge is 0.374 e. The van der Waals surface area contributed by atoms with Crippen molar-refractivity contribution in [2.45, 2.75) is 38.1 Å². The molecular formula is C29H29N5O2. The third-order valence-electron chi connectivity index (χ3n) is 7.65. The van der Waals surface area contributed by atoms with Crippen LogP contribution in [-0.4, -0.2) is 40.5 Å². The molecule has 0 spiro atoms. The molecule has 36 heavy (non-hydrogen) atoms. The van der Waals surface area contributed by atoms with Gasteiger partial charge in [0.25, 0.3) is 5.91 Å². The van der Waals surface area contributed by atoms with Crippen LogP contribution in [0.4, 0.5) is 5.69 Å². The van der Waals surface area contributed by atoms with Gasteiger partial charge >= 0.3 is 0 Å². The molecule has 1 saturated carbocycles. The first kappa shape index (κ1) is 22.5. The molecule has 7 nitrogen and oxygen atoms in total. The lowest BCUT2D eigenvalue weighted by atomic mass is 9.94. The molecule has 1 aliphatic heterocycles. The van der Waals surface area contributed by atoms with Crippen LogP contribution in [0.1, 0.15) is 64.6 Å². The van der Waals surface area contributed by atoms with Crippen LogP contribution in [0.2, 0.25) is 0 Å². The molecule has 1 amide bonds. The number of hydrogen-bond acceptors (Lipinski definition) is 5. The van der Waals surface area contributed by atoms with E-state index in [9.17, 15) is 9.59 Å². The van der Waals surface area contributed by atoms with Crippen molar-refractivity contribution in [2.24, 2.45) is 5.92 Å². The summed E-state index contributed by atoms with van der Waals surface area (Å²) in [7, 11) is 2.00. The summed E-state index contributed by atoms with van der Waals surface area (Å²) >= 11 is 0. The summed E-state index contributed by atoms with van der Waals surface area (Å²) in [6.07, 6.45) is 6.86. The van der Waals surface area contributed by atoms with Gasteiger partial charge in [-0.15, -0.1) is 0 Å². The standard InChI is InChI=1S/C29H29N5O2/c1-34-15-13-26(35)22-16-19(10-12-25(22)34)27-21-17-20(9-11-23(21)32-33-27)29(36)31-28(18-6-2-3-7-18)24-8-4-5-14-30-24/h4-5,8-12,14,16-18,28H,2-3,6-7,13,15H2,1H3,(H,31,36)(H,32,33)/t28-/m0/s1. The monoisotopic (exact) mass is 479 g/mol. The molecule has 1 fully saturated rings. The van der Waals surface area contributed by atoms with Crippen molar-refractivity contribution in [3.63, 3.8) is 0 Å². The van der Waals surface area contributed by atoms with Crippen molar-refractivity contribution in [2.75, 3.05) is 18.5 Å². The molecule has 1 aliphatic carbocycles. The predicted molar refractivity (Wildman–Crippen MR) is 140 cm³/mol. The van der Waals surface area contributed by atoms with Crippen LogP contribution in [0.25, 0.3) is 22.2 Å². The van der Waals surface area contributed by atoms with E-state index in [0.717, 1.165) is 58.5 Å². The van der Waals surface area contributed by atoms with Crippen LogP contribution in [0, 0.1) is 5.92 Å². The highest BCUT2D eigenvalue weighted by molar-refractivity contribution is 6.06. The summed E-state index contributed by atoms with van der Waals surface area (Å²) in [6.45, 7) is 0.731. The van der Waals surface area contributed by atoms with Crippen LogP contribution < -0.4 is 10.2 Å². The molecular weight excluding hydrogens is 450 g/mol. The Hall–Kier alpha value is -4.00. The van der Waals surface area contributed by atoms with E-state index in [1.807, 2.05) is 61.6 Å². The minimum absolute atomic E-state index is 0.107. The summed E-state index contributed by atoms with van der Waals surface area (Å²) < 4.78 is 0. The van der Waals surface area contributed by atoms with Gasteiger partial charge in [-0.25, -0.2) is 0 Å². The lowest BCUT2D eigenvalue weighted by molar-refractivity contribution is 0.0919. The maximum Gasteiger partial charge on any atom is 0.251 e. The first-order valence-corrected chi connectivity index (χ1v) is 12.7. The van der Waals surface area contributed by atoms with Gasteiger partial charge in [0.2, 0.25) is 0 Å². The van der Waals surface area contributed by atoms with E-state index in [-0.39, 0.29) is 17.7 Å². The second kappa shape index (κ2) is 9.22. The molecule has 6 rings (SSSR count). The van der Waals surface area contributed by atoms with E-state index in [2.05, 4.69) is 25.4 Å². The van der Waals surface area contributed by atoms with Crippen LogP contribution in [0.5, 0.6) is 0 Å². The molecule has 0 unspecified atom stereocenters. The van der Waals surface area contributed by atoms with E-state index < -0.39 is 0 Å². The van der Waals surface area contributed by atoms with Gasteiger partial charge in [-0.2, -0.15) is 5.10 Å². The number of nitrogens with one attached hydrogen (secondary N) is 2. The summed E-state index contributed by atoms with van der Waals surface area (Å²) in [4.78, 5) is 32.7. The zero-order valence-electron chi connectivity index (χ0n) is 20.3. The lowest BCUT2D eigenvalue weighted by Gasteiger charge is -2.26. The minimum Gasteiger partial charge on any atom is -0.374 e. The topological polar surface area (TPSA) is 91.0 Å². The number of carbonyl (C=O) groups is 2. The molecule has 2 aromatic heterocycles. The number of amides is 1. The van der Waals surface area contributed by atoms with Crippen molar-refractivity contribution in [1.29, 1.82) is 0 Å². The van der Waals surface area contributed by atoms with E-state index >= 15 is 0 Å². The van der Waals surface area contributed by atoms with Crippen LogP contribution in [-0.2, 0) is 0 Å². The first-order valence-electron chi connectivity index (χ1n) is 12.7. The maximum absolute atomic E-state index is 13.4. The Morgan fingerprint density at radius 3 is 2.78 bits per heavy atom. The number of pyridine rings is 1. The van der Waals surface area contributed by atoms with Gasteiger partial charge in [0.15, 0.2) is 5.78 Å². The average molecular weight is 480 g/mol. The summed E-state index contributed by atoms with van der Waals surface area (Å²) in [5.74, 6) is 0.425.